The van der Waals surface area contributed by atoms with Crippen molar-refractivity contribution in [2.24, 2.45) is 0 Å². The number of aromatic hydroxyl groups is 1. The molecule has 1 N–H and O–H groups in total. The summed E-state index contributed by atoms with van der Waals surface area (Å²) in [7, 11) is 0. The average molecular weight is 480 g/mol. The van der Waals surface area contributed by atoms with Crippen LogP contribution in [-0.2, 0) is 4.79 Å². The summed E-state index contributed by atoms with van der Waals surface area (Å²) in [5, 5.41) is 10.5. The lowest BCUT2D eigenvalue weighted by Crippen LogP contribution is -2.27. The van der Waals surface area contributed by atoms with Gasteiger partial charge in [0.25, 0.3) is 11.1 Å². The predicted octanol–water partition coefficient (Wildman–Crippen LogP) is 6.36. The Morgan fingerprint density at radius 2 is 1.80 bits per heavy atom. The molecule has 4 nitrogen and oxygen atoms in total. The Bertz CT molecular complexity index is 948. The maximum Gasteiger partial charge on any atom is 0.298 e. The van der Waals surface area contributed by atoms with Crippen LogP contribution in [0.1, 0.15) is 5.56 Å². The second-order valence-corrected chi connectivity index (χ2v) is 8.04. The Hall–Kier alpha value is -1.18. The zero-order chi connectivity index (χ0) is 18.3. The summed E-state index contributed by atoms with van der Waals surface area (Å²) < 4.78 is 0.384. The van der Waals surface area contributed by atoms with E-state index in [1.165, 1.54) is 36.4 Å². The van der Waals surface area contributed by atoms with E-state index in [-0.39, 0.29) is 15.7 Å². The first-order valence-electron chi connectivity index (χ1n) is 6.69. The van der Waals surface area contributed by atoms with Crippen molar-refractivity contribution in [3.8, 4) is 5.75 Å². The maximum absolute atomic E-state index is 12.6. The van der Waals surface area contributed by atoms with Gasteiger partial charge < -0.3 is 5.11 Å². The molecule has 0 aromatic heterocycles. The number of phenolic OH excluding ortho intramolecular Hbond substituents is 1. The van der Waals surface area contributed by atoms with Crippen molar-refractivity contribution in [3.63, 3.8) is 0 Å². The van der Waals surface area contributed by atoms with Crippen LogP contribution < -0.4 is 4.90 Å². The Labute approximate surface area is 170 Å². The number of hydrogen-bond acceptors (Lipinski definition) is 4. The number of rotatable bonds is 2. The summed E-state index contributed by atoms with van der Waals surface area (Å²) in [6.45, 7) is 0. The number of carbonyl (C=O) groups is 2. The van der Waals surface area contributed by atoms with Gasteiger partial charge in [0.15, 0.2) is 0 Å². The fourth-order valence-electron chi connectivity index (χ4n) is 2.15. The molecule has 0 atom stereocenters. The smallest absolute Gasteiger partial charge is 0.298 e. The fraction of sp³-hybridized carbons (Fsp3) is 0. The third-order valence-corrected chi connectivity index (χ3v) is 5.73. The summed E-state index contributed by atoms with van der Waals surface area (Å²) >= 11 is 21.7. The molecular formula is C16H7BrCl3NO3S. The Balaban J connectivity index is 2.00. The average Bonchev–Trinajstić information content (AvgIpc) is 2.81. The summed E-state index contributed by atoms with van der Waals surface area (Å²) in [6.07, 6.45) is 1.41. The van der Waals surface area contributed by atoms with Crippen LogP contribution in [0.3, 0.4) is 0 Å². The number of halogens is 4. The molecular weight excluding hydrogens is 473 g/mol. The second kappa shape index (κ2) is 7.21. The van der Waals surface area contributed by atoms with Crippen LogP contribution in [0.5, 0.6) is 5.75 Å². The Kier molecular flexibility index (Phi) is 5.37. The van der Waals surface area contributed by atoms with E-state index >= 15 is 0 Å². The van der Waals surface area contributed by atoms with E-state index in [1.807, 2.05) is 0 Å². The number of amides is 2. The van der Waals surface area contributed by atoms with Gasteiger partial charge in [-0.25, -0.2) is 4.90 Å². The number of nitrogens with zero attached hydrogens (tertiary/aromatic N) is 1. The van der Waals surface area contributed by atoms with Gasteiger partial charge in [-0.05, 0) is 64.1 Å². The molecule has 1 saturated heterocycles. The molecule has 0 bridgehead atoms. The largest absolute Gasteiger partial charge is 0.506 e. The summed E-state index contributed by atoms with van der Waals surface area (Å²) in [6, 6.07) is 7.49. The van der Waals surface area contributed by atoms with E-state index in [0.717, 1.165) is 16.7 Å². The molecule has 0 spiro atoms. The van der Waals surface area contributed by atoms with Gasteiger partial charge >= 0.3 is 0 Å². The lowest BCUT2D eigenvalue weighted by molar-refractivity contribution is -0.113. The molecule has 2 aromatic rings. The third kappa shape index (κ3) is 3.68. The number of benzene rings is 2. The quantitative estimate of drug-likeness (QED) is 0.510. The van der Waals surface area contributed by atoms with Crippen molar-refractivity contribution in [2.75, 3.05) is 4.90 Å². The molecule has 0 aliphatic carbocycles. The topological polar surface area (TPSA) is 57.6 Å². The van der Waals surface area contributed by atoms with Crippen LogP contribution in [-0.4, -0.2) is 16.3 Å². The van der Waals surface area contributed by atoms with Crippen molar-refractivity contribution in [1.29, 1.82) is 0 Å². The lowest BCUT2D eigenvalue weighted by Gasteiger charge is -2.13. The van der Waals surface area contributed by atoms with Crippen LogP contribution in [0.2, 0.25) is 15.1 Å². The molecule has 25 heavy (non-hydrogen) atoms. The van der Waals surface area contributed by atoms with Crippen LogP contribution in [0.25, 0.3) is 6.08 Å². The molecule has 1 aliphatic heterocycles. The first-order valence-corrected chi connectivity index (χ1v) is 9.43. The SMILES string of the molecule is O=C1S/C(=C\c2cc(Cl)cc(Br)c2O)C(=O)N1c1ccc(Cl)c(Cl)c1. The number of carbonyl (C=O) groups excluding carboxylic acids is 2. The van der Waals surface area contributed by atoms with Gasteiger partial charge in [0.1, 0.15) is 5.75 Å². The fourth-order valence-corrected chi connectivity index (χ4v) is 4.11. The van der Waals surface area contributed by atoms with E-state index in [2.05, 4.69) is 15.9 Å². The standard InChI is InChI=1S/C16H7BrCl3NO3S/c17-10-5-8(18)3-7(14(10)22)4-13-15(23)21(16(24)25-13)9-1-2-11(19)12(20)6-9/h1-6,22H/b13-4-. The second-order valence-electron chi connectivity index (χ2n) is 4.94. The first kappa shape index (κ1) is 18.6. The Morgan fingerprint density at radius 3 is 2.48 bits per heavy atom. The van der Waals surface area contributed by atoms with Crippen molar-refractivity contribution < 1.29 is 14.7 Å². The number of anilines is 1. The minimum atomic E-state index is -0.524. The number of imide groups is 1. The van der Waals surface area contributed by atoms with E-state index in [4.69, 9.17) is 34.8 Å². The van der Waals surface area contributed by atoms with Gasteiger partial charge in [-0.2, -0.15) is 0 Å². The van der Waals surface area contributed by atoms with Crippen molar-refractivity contribution >= 4 is 85.4 Å². The molecule has 1 heterocycles. The van der Waals surface area contributed by atoms with Gasteiger partial charge in [0, 0.05) is 10.6 Å². The lowest BCUT2D eigenvalue weighted by atomic mass is 10.2. The molecule has 2 aromatic carbocycles. The van der Waals surface area contributed by atoms with Crippen molar-refractivity contribution in [1.82, 2.24) is 0 Å². The van der Waals surface area contributed by atoms with Crippen LogP contribution in [0.4, 0.5) is 10.5 Å². The summed E-state index contributed by atoms with van der Waals surface area (Å²) in [5.41, 5.74) is 0.635. The van der Waals surface area contributed by atoms with Gasteiger partial charge in [-0.3, -0.25) is 9.59 Å². The minimum Gasteiger partial charge on any atom is -0.506 e. The molecule has 1 fully saturated rings. The van der Waals surface area contributed by atoms with Gasteiger partial charge in [-0.15, -0.1) is 0 Å². The third-order valence-electron chi connectivity index (χ3n) is 3.30. The minimum absolute atomic E-state index is 0.0780. The molecule has 9 heteroatoms. The zero-order valence-electron chi connectivity index (χ0n) is 12.1. The maximum atomic E-state index is 12.6. The number of phenols is 1. The van der Waals surface area contributed by atoms with E-state index in [9.17, 15) is 14.7 Å². The van der Waals surface area contributed by atoms with Gasteiger partial charge in [0.2, 0.25) is 0 Å². The van der Waals surface area contributed by atoms with Gasteiger partial charge in [0.05, 0.1) is 25.1 Å². The Morgan fingerprint density at radius 1 is 1.08 bits per heavy atom. The molecule has 128 valence electrons. The van der Waals surface area contributed by atoms with E-state index in [1.54, 1.807) is 0 Å². The van der Waals surface area contributed by atoms with Crippen LogP contribution in [0, 0.1) is 0 Å². The van der Waals surface area contributed by atoms with Crippen molar-refractivity contribution in [3.05, 3.63) is 60.3 Å². The monoisotopic (exact) mass is 477 g/mol. The number of thioether (sulfide) groups is 1. The highest BCUT2D eigenvalue weighted by Gasteiger charge is 2.36. The van der Waals surface area contributed by atoms with Crippen molar-refractivity contribution in [2.45, 2.75) is 0 Å². The zero-order valence-corrected chi connectivity index (χ0v) is 16.8. The predicted molar refractivity (Wildman–Crippen MR) is 106 cm³/mol. The molecule has 0 saturated carbocycles. The molecule has 0 radical (unpaired) electrons. The molecule has 3 rings (SSSR count). The number of hydrogen-bond donors (Lipinski definition) is 1. The summed E-state index contributed by atoms with van der Waals surface area (Å²) in [4.78, 5) is 26.0. The highest BCUT2D eigenvalue weighted by atomic mass is 79.9. The highest BCUT2D eigenvalue weighted by molar-refractivity contribution is 9.10. The van der Waals surface area contributed by atoms with Gasteiger partial charge in [-0.1, -0.05) is 34.8 Å². The van der Waals surface area contributed by atoms with Crippen LogP contribution >= 0.6 is 62.5 Å². The highest BCUT2D eigenvalue weighted by Crippen LogP contribution is 2.40. The molecule has 0 unspecified atom stereocenters. The first-order chi connectivity index (χ1) is 11.8. The summed E-state index contributed by atoms with van der Waals surface area (Å²) in [5.74, 6) is -0.602. The van der Waals surface area contributed by atoms with E-state index < -0.39 is 11.1 Å². The van der Waals surface area contributed by atoms with E-state index in [0.29, 0.717) is 25.8 Å². The molecule has 1 aliphatic rings. The normalized spacial score (nSPS) is 16.2. The van der Waals surface area contributed by atoms with Crippen LogP contribution in [0.15, 0.2) is 39.7 Å². The molecule has 2 amide bonds.